The molecule has 26 nitrogen and oxygen atoms in total. The molecule has 0 radical (unpaired) electrons. The number of fused-ring (bicyclic) bond motifs is 10. The van der Waals surface area contributed by atoms with Gasteiger partial charge in [0.05, 0.1) is 17.8 Å². The van der Waals surface area contributed by atoms with Gasteiger partial charge >= 0.3 is 5.97 Å². The quantitative estimate of drug-likeness (QED) is 0.0854. The second-order valence-electron chi connectivity index (χ2n) is 27.1. The predicted molar refractivity (Wildman–Crippen MR) is 341 cm³/mol. The maximum Gasteiger partial charge on any atom is 0.335 e. The number of aromatic amines is 2. The zero-order valence-corrected chi connectivity index (χ0v) is 53.2. The van der Waals surface area contributed by atoms with Gasteiger partial charge in [0, 0.05) is 85.3 Å². The number of nitrogens with one attached hydrogen (secondary N) is 4. The third kappa shape index (κ3) is 10.5. The van der Waals surface area contributed by atoms with Crippen molar-refractivity contribution in [2.75, 3.05) is 40.3 Å². The van der Waals surface area contributed by atoms with E-state index in [9.17, 15) is 53.7 Å². The highest BCUT2D eigenvalue weighted by atomic mass is 16.7. The molecule has 0 saturated carbocycles. The molecular weight excluding hydrogens is 1240 g/mol. The van der Waals surface area contributed by atoms with E-state index in [2.05, 4.69) is 67.1 Å². The lowest BCUT2D eigenvalue weighted by molar-refractivity contribution is -0.318. The number of carbonyl (C=O) groups excluding carboxylic acids is 7. The van der Waals surface area contributed by atoms with Crippen molar-refractivity contribution in [3.8, 4) is 0 Å². The zero-order chi connectivity index (χ0) is 67.7. The lowest BCUT2D eigenvalue weighted by Gasteiger charge is -2.48. The molecule has 6 aromatic rings. The van der Waals surface area contributed by atoms with Crippen LogP contribution in [0.2, 0.25) is 0 Å². The molecule has 6 amide bonds. The van der Waals surface area contributed by atoms with Gasteiger partial charge in [0.2, 0.25) is 35.1 Å². The fraction of sp³-hybridized carbons (Fsp3) is 0.429. The maximum atomic E-state index is 14.2. The molecule has 8 aliphatic heterocycles. The summed E-state index contributed by atoms with van der Waals surface area (Å²) in [6, 6.07) is 28.2. The van der Waals surface area contributed by atoms with Gasteiger partial charge in [-0.15, -0.1) is 0 Å². The number of aliphatic hydroxyl groups is 4. The number of nitrogens with zero attached hydrogens (tertiary/aromatic N) is 6. The van der Waals surface area contributed by atoms with Crippen molar-refractivity contribution in [1.29, 1.82) is 0 Å². The average molecular weight is 1310 g/mol. The van der Waals surface area contributed by atoms with Gasteiger partial charge in [-0.2, -0.15) is 0 Å². The summed E-state index contributed by atoms with van der Waals surface area (Å²) in [5, 5.41) is 66.3. The number of hydrogen-bond acceptors (Lipinski definition) is 17. The van der Waals surface area contributed by atoms with E-state index >= 15 is 0 Å². The van der Waals surface area contributed by atoms with E-state index in [1.165, 1.54) is 45.5 Å². The van der Waals surface area contributed by atoms with Gasteiger partial charge in [0.25, 0.3) is 23.6 Å². The van der Waals surface area contributed by atoms with E-state index in [0.29, 0.717) is 51.9 Å². The summed E-state index contributed by atoms with van der Waals surface area (Å²) in [5.41, 5.74) is 7.17. The third-order valence-electron chi connectivity index (χ3n) is 21.1. The Labute approximate surface area is 550 Å². The number of aliphatic carboxylic acids is 2. The van der Waals surface area contributed by atoms with E-state index in [4.69, 9.17) is 24.8 Å². The number of hydrogen-bond donors (Lipinski definition) is 9. The SMILES string of the molecule is CN1C[C@H](C(=O)N[C@]2(C)O[C@@]3(O)[C@@H]4CCCN4C(=O)[C@H](Cc4ccccc4)N3C2=O)C=C2c3cccc4[nH]cc(c34)C[C@H]21.CN1C[C@H](C(=O)N[C@]2(C)O[C@@]3(O)[C@@H]4CCCN4C(=O)[C@H](Cc4ccccc4)N3C2=O)C=C2c3cccc4[nH]cc(c34)C[C@H]21.O=C([O-])[C@H](O)[C@@H](O)C(=O)O. The van der Waals surface area contributed by atoms with E-state index in [1.807, 2.05) is 99.0 Å². The van der Waals surface area contributed by atoms with Crippen LogP contribution in [0.3, 0.4) is 0 Å². The van der Waals surface area contributed by atoms with Crippen LogP contribution in [0.25, 0.3) is 33.0 Å². The average Bonchev–Trinajstić information content (AvgIpc) is 1.54. The maximum absolute atomic E-state index is 14.2. The van der Waals surface area contributed by atoms with Crippen molar-refractivity contribution < 1.29 is 78.5 Å². The Morgan fingerprint density at radius 2 is 1.01 bits per heavy atom. The van der Waals surface area contributed by atoms with Gasteiger partial charge in [-0.25, -0.2) is 4.79 Å². The molecule has 0 bridgehead atoms. The molecule has 502 valence electrons. The number of amides is 6. The van der Waals surface area contributed by atoms with Crippen LogP contribution in [-0.4, -0.2) is 224 Å². The van der Waals surface area contributed by atoms with Crippen molar-refractivity contribution in [3.63, 3.8) is 0 Å². The van der Waals surface area contributed by atoms with Gasteiger partial charge in [0.1, 0.15) is 30.3 Å². The molecule has 2 aliphatic carbocycles. The van der Waals surface area contributed by atoms with E-state index in [1.54, 1.807) is 9.80 Å². The predicted octanol–water partition coefficient (Wildman–Crippen LogP) is 0.524. The van der Waals surface area contributed by atoms with Crippen LogP contribution < -0.4 is 15.7 Å². The first-order valence-corrected chi connectivity index (χ1v) is 32.5. The van der Waals surface area contributed by atoms with Gasteiger partial charge in [-0.3, -0.25) is 57.8 Å². The van der Waals surface area contributed by atoms with Crippen molar-refractivity contribution in [2.24, 2.45) is 11.8 Å². The van der Waals surface area contributed by atoms with E-state index in [0.717, 1.165) is 57.3 Å². The Kier molecular flexibility index (Phi) is 16.0. The number of piperazine rings is 2. The molecule has 0 unspecified atom stereocenters. The van der Waals surface area contributed by atoms with Crippen LogP contribution in [0.5, 0.6) is 0 Å². The Hall–Kier alpha value is -9.12. The molecule has 6 saturated heterocycles. The Morgan fingerprint density at radius 1 is 0.604 bits per heavy atom. The molecule has 10 heterocycles. The summed E-state index contributed by atoms with van der Waals surface area (Å²) in [7, 11) is 4.04. The number of benzene rings is 4. The minimum absolute atomic E-state index is 0.144. The number of carboxylic acid groups (broad SMARTS) is 2. The van der Waals surface area contributed by atoms with Gasteiger partial charge in [0.15, 0.2) is 6.10 Å². The summed E-state index contributed by atoms with van der Waals surface area (Å²) in [6.07, 6.45) is 8.06. The van der Waals surface area contributed by atoms with Crippen LogP contribution in [0.15, 0.2) is 122 Å². The number of carboxylic acids is 2. The topological polar surface area (TPSA) is 354 Å². The minimum Gasteiger partial charge on any atom is -0.547 e. The summed E-state index contributed by atoms with van der Waals surface area (Å²) in [5.74, 6) is -11.4. The number of aromatic nitrogens is 2. The summed E-state index contributed by atoms with van der Waals surface area (Å²) in [6.45, 7) is 4.90. The van der Waals surface area contributed by atoms with Crippen molar-refractivity contribution in [2.45, 2.75) is 137 Å². The highest BCUT2D eigenvalue weighted by Gasteiger charge is 2.72. The molecule has 14 atom stereocenters. The molecule has 16 rings (SSSR count). The molecule has 26 heteroatoms. The Bertz CT molecular complexity index is 3990. The normalized spacial score (nSPS) is 31.5. The molecule has 9 N–H and O–H groups in total. The monoisotopic (exact) mass is 1310 g/mol. The van der Waals surface area contributed by atoms with Gasteiger partial charge in [-0.05, 0) is 123 Å². The van der Waals surface area contributed by atoms with Crippen LogP contribution in [0.4, 0.5) is 0 Å². The lowest BCUT2D eigenvalue weighted by atomic mass is 9.79. The number of likely N-dealkylation sites (N-methyl/N-ethyl adjacent to an activating group) is 2. The number of rotatable bonds is 11. The lowest BCUT2D eigenvalue weighted by Crippen LogP contribution is -2.71. The van der Waals surface area contributed by atoms with Gasteiger partial charge < -0.3 is 65.8 Å². The summed E-state index contributed by atoms with van der Waals surface area (Å²) in [4.78, 5) is 120. The number of aliphatic hydroxyl groups excluding tert-OH is 2. The molecular formula is C70H75N10O16-. The highest BCUT2D eigenvalue weighted by molar-refractivity contribution is 6.03. The largest absolute Gasteiger partial charge is 0.547 e. The minimum atomic E-state index is -2.38. The Balaban J connectivity index is 0.000000145. The standard InChI is InChI=1S/2C33H35N5O5.C4H6O6/c2*1-32(35-29(39)21-15-23-22-10-6-11-24-28(22)20(17-34-24)16-25(23)36(2)18-21)31(41)38-26(14-19-8-4-3-5-9-19)30(40)37-13-7-12-27(37)33(38,42)43-32;5-1(3(7)8)2(6)4(9)10/h2*3-6,8-11,15,17,21,25-27,34,42H,7,12-14,16,18H2,1-2H3,(H,35,39);1-2,5-6H,(H,7,8)(H,9,10)/p-1/t2*21-,25-,26+,27+,32-,33+;1-,2-/m111/s1. The third-order valence-corrected chi connectivity index (χ3v) is 21.1. The first kappa shape index (κ1) is 64.2. The zero-order valence-electron chi connectivity index (χ0n) is 53.2. The molecule has 0 spiro atoms. The first-order valence-electron chi connectivity index (χ1n) is 32.5. The van der Waals surface area contributed by atoms with Crippen LogP contribution in [0.1, 0.15) is 72.9 Å². The number of carbonyl (C=O) groups is 8. The van der Waals surface area contributed by atoms with Crippen molar-refractivity contribution in [1.82, 2.24) is 50.0 Å². The van der Waals surface area contributed by atoms with Crippen LogP contribution >= 0.6 is 0 Å². The molecule has 10 aliphatic rings. The van der Waals surface area contributed by atoms with Gasteiger partial charge in [-0.1, -0.05) is 97.1 Å². The first-order chi connectivity index (χ1) is 45.8. The number of H-pyrrole nitrogens is 2. The smallest absolute Gasteiger partial charge is 0.335 e. The molecule has 4 aromatic carbocycles. The van der Waals surface area contributed by atoms with E-state index in [-0.39, 0.29) is 48.6 Å². The van der Waals surface area contributed by atoms with Crippen molar-refractivity contribution in [3.05, 3.63) is 155 Å². The van der Waals surface area contributed by atoms with Crippen molar-refractivity contribution >= 4 is 80.3 Å². The summed E-state index contributed by atoms with van der Waals surface area (Å²) < 4.78 is 12.5. The second-order valence-corrected chi connectivity index (χ2v) is 27.1. The fourth-order valence-corrected chi connectivity index (χ4v) is 16.5. The van der Waals surface area contributed by atoms with E-state index < -0.39 is 95.2 Å². The van der Waals surface area contributed by atoms with Crippen LogP contribution in [-0.2, 0) is 73.5 Å². The number of ether oxygens (including phenoxy) is 2. The molecule has 2 aromatic heterocycles. The molecule has 6 fully saturated rings. The second kappa shape index (κ2) is 23.9. The fourth-order valence-electron chi connectivity index (χ4n) is 16.5. The Morgan fingerprint density at radius 3 is 1.39 bits per heavy atom. The summed E-state index contributed by atoms with van der Waals surface area (Å²) >= 11 is 0. The van der Waals surface area contributed by atoms with Crippen LogP contribution in [0, 0.1) is 11.8 Å². The molecule has 96 heavy (non-hydrogen) atoms. The highest BCUT2D eigenvalue weighted by Crippen LogP contribution is 2.49.